The van der Waals surface area contributed by atoms with E-state index in [0.717, 1.165) is 18.9 Å². The molecule has 2 amide bonds. The molecule has 1 aliphatic carbocycles. The van der Waals surface area contributed by atoms with Crippen molar-refractivity contribution in [1.82, 2.24) is 10.2 Å². The summed E-state index contributed by atoms with van der Waals surface area (Å²) in [5.74, 6) is 0.806. The van der Waals surface area contributed by atoms with Crippen LogP contribution < -0.4 is 5.32 Å². The maximum absolute atomic E-state index is 12.7. The van der Waals surface area contributed by atoms with Gasteiger partial charge in [-0.2, -0.15) is 0 Å². The average molecular weight is 294 g/mol. The minimum atomic E-state index is -0.396. The molecule has 1 saturated heterocycles. The first-order valence-electron chi connectivity index (χ1n) is 8.41. The van der Waals surface area contributed by atoms with E-state index >= 15 is 0 Å². The lowest BCUT2D eigenvalue weighted by Crippen LogP contribution is -2.65. The van der Waals surface area contributed by atoms with Crippen molar-refractivity contribution in [3.05, 3.63) is 0 Å². The van der Waals surface area contributed by atoms with Crippen molar-refractivity contribution >= 4 is 11.8 Å². The van der Waals surface area contributed by atoms with Crippen LogP contribution in [-0.4, -0.2) is 35.3 Å². The fourth-order valence-electron chi connectivity index (χ4n) is 3.51. The summed E-state index contributed by atoms with van der Waals surface area (Å²) in [5, 5.41) is 2.89. The number of piperazine rings is 1. The normalized spacial score (nSPS) is 28.7. The Morgan fingerprint density at radius 1 is 1.14 bits per heavy atom. The van der Waals surface area contributed by atoms with E-state index in [9.17, 15) is 9.59 Å². The maximum atomic E-state index is 12.7. The lowest BCUT2D eigenvalue weighted by molar-refractivity contribution is -0.151. The summed E-state index contributed by atoms with van der Waals surface area (Å²) in [7, 11) is 0. The number of hydrogen-bond acceptors (Lipinski definition) is 2. The van der Waals surface area contributed by atoms with E-state index in [4.69, 9.17) is 0 Å². The van der Waals surface area contributed by atoms with Gasteiger partial charge >= 0.3 is 0 Å². The molecule has 0 aromatic carbocycles. The van der Waals surface area contributed by atoms with Crippen LogP contribution in [0.15, 0.2) is 0 Å². The Morgan fingerprint density at radius 2 is 1.76 bits per heavy atom. The van der Waals surface area contributed by atoms with Gasteiger partial charge in [0.25, 0.3) is 0 Å². The molecule has 4 heteroatoms. The van der Waals surface area contributed by atoms with E-state index in [1.54, 1.807) is 0 Å². The molecule has 0 bridgehead atoms. The van der Waals surface area contributed by atoms with Crippen LogP contribution in [0.1, 0.15) is 66.2 Å². The third kappa shape index (κ3) is 3.78. The largest absolute Gasteiger partial charge is 0.342 e. The molecule has 1 heterocycles. The molecule has 0 spiro atoms. The van der Waals surface area contributed by atoms with Crippen molar-refractivity contribution in [3.63, 3.8) is 0 Å². The Hall–Kier alpha value is -1.06. The zero-order valence-corrected chi connectivity index (χ0v) is 13.9. The molecule has 1 aliphatic heterocycles. The van der Waals surface area contributed by atoms with Crippen LogP contribution >= 0.6 is 0 Å². The number of rotatable bonds is 3. The maximum Gasteiger partial charge on any atom is 0.246 e. The Morgan fingerprint density at radius 3 is 2.33 bits per heavy atom. The van der Waals surface area contributed by atoms with Crippen molar-refractivity contribution < 1.29 is 9.59 Å². The number of nitrogens with one attached hydrogen (secondary N) is 1. The SMILES string of the molecule is CC1C(=O)NC(C(C)(C)C)C(=O)N1CCC1CCCCC1. The molecule has 0 aromatic rings. The quantitative estimate of drug-likeness (QED) is 0.870. The van der Waals surface area contributed by atoms with Gasteiger partial charge in [0.15, 0.2) is 0 Å². The fourth-order valence-corrected chi connectivity index (χ4v) is 3.51. The van der Waals surface area contributed by atoms with Gasteiger partial charge in [-0.15, -0.1) is 0 Å². The Bertz CT molecular complexity index is 394. The van der Waals surface area contributed by atoms with Crippen molar-refractivity contribution in [2.75, 3.05) is 6.54 Å². The summed E-state index contributed by atoms with van der Waals surface area (Å²) in [6.45, 7) is 8.58. The second kappa shape index (κ2) is 6.37. The number of nitrogens with zero attached hydrogens (tertiary/aromatic N) is 1. The standard InChI is InChI=1S/C17H30N2O2/c1-12-15(20)18-14(17(2,3)4)16(21)19(12)11-10-13-8-6-5-7-9-13/h12-14H,5-11H2,1-4H3,(H,18,20). The van der Waals surface area contributed by atoms with Crippen molar-refractivity contribution in [3.8, 4) is 0 Å². The lowest BCUT2D eigenvalue weighted by atomic mass is 9.83. The van der Waals surface area contributed by atoms with Gasteiger partial charge in [-0.05, 0) is 24.7 Å². The minimum Gasteiger partial charge on any atom is -0.342 e. The molecule has 2 fully saturated rings. The van der Waals surface area contributed by atoms with Gasteiger partial charge in [0.1, 0.15) is 12.1 Å². The zero-order valence-electron chi connectivity index (χ0n) is 13.9. The average Bonchev–Trinajstić information content (AvgIpc) is 2.42. The van der Waals surface area contributed by atoms with E-state index in [1.165, 1.54) is 32.1 Å². The highest BCUT2D eigenvalue weighted by atomic mass is 16.2. The molecule has 2 rings (SSSR count). The molecule has 1 N–H and O–H groups in total. The summed E-state index contributed by atoms with van der Waals surface area (Å²) >= 11 is 0. The third-order valence-corrected chi connectivity index (χ3v) is 5.03. The molecular weight excluding hydrogens is 264 g/mol. The van der Waals surface area contributed by atoms with Gasteiger partial charge in [0, 0.05) is 6.54 Å². The van der Waals surface area contributed by atoms with Gasteiger partial charge in [-0.1, -0.05) is 52.9 Å². The van der Waals surface area contributed by atoms with Crippen molar-refractivity contribution in [2.45, 2.75) is 78.3 Å². The molecule has 2 unspecified atom stereocenters. The van der Waals surface area contributed by atoms with Crippen LogP contribution in [0.5, 0.6) is 0 Å². The van der Waals surface area contributed by atoms with Crippen molar-refractivity contribution in [2.24, 2.45) is 11.3 Å². The Balaban J connectivity index is 2.01. The van der Waals surface area contributed by atoms with E-state index in [-0.39, 0.29) is 23.3 Å². The van der Waals surface area contributed by atoms with Gasteiger partial charge < -0.3 is 10.2 Å². The van der Waals surface area contributed by atoms with Gasteiger partial charge in [-0.25, -0.2) is 0 Å². The van der Waals surface area contributed by atoms with E-state index < -0.39 is 6.04 Å². The van der Waals surface area contributed by atoms with Crippen LogP contribution in [0.3, 0.4) is 0 Å². The number of amides is 2. The molecule has 120 valence electrons. The van der Waals surface area contributed by atoms with Crippen LogP contribution in [0.25, 0.3) is 0 Å². The monoisotopic (exact) mass is 294 g/mol. The molecule has 0 aromatic heterocycles. The van der Waals surface area contributed by atoms with Crippen LogP contribution in [-0.2, 0) is 9.59 Å². The first-order chi connectivity index (χ1) is 9.80. The van der Waals surface area contributed by atoms with E-state index in [0.29, 0.717) is 0 Å². The Kier molecular flexibility index (Phi) is 4.95. The summed E-state index contributed by atoms with van der Waals surface area (Å²) in [5.41, 5.74) is -0.240. The van der Waals surface area contributed by atoms with Gasteiger partial charge in [0.05, 0.1) is 0 Å². The Labute approximate surface area is 128 Å². The fraction of sp³-hybridized carbons (Fsp3) is 0.882. The van der Waals surface area contributed by atoms with Crippen LogP contribution in [0.2, 0.25) is 0 Å². The highest BCUT2D eigenvalue weighted by Gasteiger charge is 2.43. The highest BCUT2D eigenvalue weighted by molar-refractivity contribution is 5.97. The topological polar surface area (TPSA) is 49.4 Å². The smallest absolute Gasteiger partial charge is 0.246 e. The molecular formula is C17H30N2O2. The molecule has 2 aliphatic rings. The third-order valence-electron chi connectivity index (χ3n) is 5.03. The van der Waals surface area contributed by atoms with Crippen LogP contribution in [0, 0.1) is 11.3 Å². The van der Waals surface area contributed by atoms with E-state index in [1.807, 2.05) is 32.6 Å². The number of carbonyl (C=O) groups is 2. The summed E-state index contributed by atoms with van der Waals surface area (Å²) in [6, 6.07) is -0.729. The molecule has 4 nitrogen and oxygen atoms in total. The van der Waals surface area contributed by atoms with Crippen LogP contribution in [0.4, 0.5) is 0 Å². The number of carbonyl (C=O) groups excluding carboxylic acids is 2. The first kappa shape index (κ1) is 16.3. The predicted molar refractivity (Wildman–Crippen MR) is 83.8 cm³/mol. The molecule has 21 heavy (non-hydrogen) atoms. The first-order valence-corrected chi connectivity index (χ1v) is 8.41. The van der Waals surface area contributed by atoms with Gasteiger partial charge in [-0.3, -0.25) is 9.59 Å². The predicted octanol–water partition coefficient (Wildman–Crippen LogP) is 2.72. The van der Waals surface area contributed by atoms with Crippen molar-refractivity contribution in [1.29, 1.82) is 0 Å². The minimum absolute atomic E-state index is 0.0156. The number of hydrogen-bond donors (Lipinski definition) is 1. The highest BCUT2D eigenvalue weighted by Crippen LogP contribution is 2.29. The molecule has 2 atom stereocenters. The summed E-state index contributed by atoms with van der Waals surface area (Å²) in [4.78, 5) is 26.7. The lowest BCUT2D eigenvalue weighted by Gasteiger charge is -2.42. The van der Waals surface area contributed by atoms with E-state index in [2.05, 4.69) is 5.32 Å². The zero-order chi connectivity index (χ0) is 15.6. The second-order valence-electron chi connectivity index (χ2n) is 7.81. The second-order valence-corrected chi connectivity index (χ2v) is 7.81. The molecule has 0 radical (unpaired) electrons. The summed E-state index contributed by atoms with van der Waals surface area (Å²) < 4.78 is 0. The summed E-state index contributed by atoms with van der Waals surface area (Å²) in [6.07, 6.45) is 7.60. The van der Waals surface area contributed by atoms with Gasteiger partial charge in [0.2, 0.25) is 11.8 Å². The molecule has 1 saturated carbocycles.